The fourth-order valence-corrected chi connectivity index (χ4v) is 4.95. The SMILES string of the molecule is CC(C)CCS(=O)(=O)N1CCC[C@H]1C(=O)NCc1ccc(C(=N)N)cc1. The van der Waals surface area contributed by atoms with Gasteiger partial charge >= 0.3 is 0 Å². The normalized spacial score (nSPS) is 18.2. The van der Waals surface area contributed by atoms with E-state index in [0.717, 1.165) is 5.56 Å². The number of nitrogen functional groups attached to an aromatic ring is 1. The zero-order chi connectivity index (χ0) is 19.3. The maximum Gasteiger partial charge on any atom is 0.238 e. The van der Waals surface area contributed by atoms with Gasteiger partial charge in [0.1, 0.15) is 11.9 Å². The first-order valence-electron chi connectivity index (χ1n) is 8.91. The molecule has 1 saturated heterocycles. The Morgan fingerprint density at radius 3 is 2.58 bits per heavy atom. The van der Waals surface area contributed by atoms with Crippen molar-refractivity contribution in [2.75, 3.05) is 12.3 Å². The van der Waals surface area contributed by atoms with E-state index in [-0.39, 0.29) is 17.5 Å². The monoisotopic (exact) mass is 380 g/mol. The third-order valence-corrected chi connectivity index (χ3v) is 6.45. The van der Waals surface area contributed by atoms with Gasteiger partial charge in [-0.2, -0.15) is 4.31 Å². The molecule has 8 heteroatoms. The molecule has 1 aliphatic heterocycles. The number of nitrogens with two attached hydrogens (primary N) is 1. The van der Waals surface area contributed by atoms with Crippen molar-refractivity contribution < 1.29 is 13.2 Å². The Hall–Kier alpha value is -1.93. The number of rotatable bonds is 8. The van der Waals surface area contributed by atoms with Crippen molar-refractivity contribution in [3.8, 4) is 0 Å². The summed E-state index contributed by atoms with van der Waals surface area (Å²) in [4.78, 5) is 12.5. The molecule has 144 valence electrons. The summed E-state index contributed by atoms with van der Waals surface area (Å²) < 4.78 is 26.4. The summed E-state index contributed by atoms with van der Waals surface area (Å²) in [5, 5.41) is 10.2. The van der Waals surface area contributed by atoms with E-state index in [9.17, 15) is 13.2 Å². The van der Waals surface area contributed by atoms with Gasteiger partial charge in [-0.05, 0) is 30.7 Å². The van der Waals surface area contributed by atoms with E-state index in [1.54, 1.807) is 24.3 Å². The number of benzene rings is 1. The topological polar surface area (TPSA) is 116 Å². The molecular formula is C18H28N4O3S. The van der Waals surface area contributed by atoms with Gasteiger partial charge in [-0.25, -0.2) is 8.42 Å². The lowest BCUT2D eigenvalue weighted by Gasteiger charge is -2.23. The highest BCUT2D eigenvalue weighted by Gasteiger charge is 2.38. The Balaban J connectivity index is 1.96. The molecule has 0 spiro atoms. The zero-order valence-electron chi connectivity index (χ0n) is 15.4. The summed E-state index contributed by atoms with van der Waals surface area (Å²) in [5.74, 6) is 0.124. The molecule has 7 nitrogen and oxygen atoms in total. The largest absolute Gasteiger partial charge is 0.384 e. The van der Waals surface area contributed by atoms with Crippen LogP contribution in [0, 0.1) is 11.3 Å². The van der Waals surface area contributed by atoms with Crippen LogP contribution in [0.2, 0.25) is 0 Å². The average Bonchev–Trinajstić information content (AvgIpc) is 3.09. The van der Waals surface area contributed by atoms with Crippen LogP contribution < -0.4 is 11.1 Å². The molecule has 0 radical (unpaired) electrons. The molecule has 1 amide bonds. The summed E-state index contributed by atoms with van der Waals surface area (Å²) >= 11 is 0. The predicted octanol–water partition coefficient (Wildman–Crippen LogP) is 1.43. The van der Waals surface area contributed by atoms with Gasteiger partial charge in [0.25, 0.3) is 0 Å². The highest BCUT2D eigenvalue weighted by Crippen LogP contribution is 2.23. The summed E-state index contributed by atoms with van der Waals surface area (Å²) in [6, 6.07) is 6.42. The predicted molar refractivity (Wildman–Crippen MR) is 102 cm³/mol. The molecule has 2 rings (SSSR count). The van der Waals surface area contributed by atoms with E-state index in [1.807, 2.05) is 13.8 Å². The summed E-state index contributed by atoms with van der Waals surface area (Å²) in [7, 11) is -3.41. The van der Waals surface area contributed by atoms with E-state index in [2.05, 4.69) is 5.32 Å². The van der Waals surface area contributed by atoms with Crippen molar-refractivity contribution in [3.63, 3.8) is 0 Å². The molecule has 0 bridgehead atoms. The average molecular weight is 381 g/mol. The Kier molecular flexibility index (Phi) is 6.77. The van der Waals surface area contributed by atoms with Gasteiger partial charge in [-0.3, -0.25) is 10.2 Å². The van der Waals surface area contributed by atoms with Crippen LogP contribution in [0.25, 0.3) is 0 Å². The maximum atomic E-state index is 12.5. The number of nitrogens with one attached hydrogen (secondary N) is 2. The number of amidine groups is 1. The Morgan fingerprint density at radius 1 is 1.35 bits per heavy atom. The number of nitrogens with zero attached hydrogens (tertiary/aromatic N) is 1. The summed E-state index contributed by atoms with van der Waals surface area (Å²) in [6.45, 7) is 4.70. The Labute approximate surface area is 155 Å². The molecule has 1 aliphatic rings. The van der Waals surface area contributed by atoms with Crippen LogP contribution in [0.15, 0.2) is 24.3 Å². The van der Waals surface area contributed by atoms with Crippen molar-refractivity contribution in [3.05, 3.63) is 35.4 Å². The van der Waals surface area contributed by atoms with Crippen LogP contribution in [0.4, 0.5) is 0 Å². The van der Waals surface area contributed by atoms with Crippen LogP contribution in [0.5, 0.6) is 0 Å². The molecule has 4 N–H and O–H groups in total. The molecule has 1 aromatic rings. The van der Waals surface area contributed by atoms with Crippen LogP contribution in [0.1, 0.15) is 44.2 Å². The smallest absolute Gasteiger partial charge is 0.238 e. The highest BCUT2D eigenvalue weighted by atomic mass is 32.2. The first-order chi connectivity index (χ1) is 12.2. The van der Waals surface area contributed by atoms with Crippen molar-refractivity contribution in [1.29, 1.82) is 5.41 Å². The molecular weight excluding hydrogens is 352 g/mol. The first kappa shape index (κ1) is 20.4. The van der Waals surface area contributed by atoms with Crippen LogP contribution >= 0.6 is 0 Å². The van der Waals surface area contributed by atoms with Gasteiger partial charge in [-0.15, -0.1) is 0 Å². The van der Waals surface area contributed by atoms with Crippen LogP contribution in [0.3, 0.4) is 0 Å². The second-order valence-electron chi connectivity index (χ2n) is 7.10. The van der Waals surface area contributed by atoms with Gasteiger partial charge in [-0.1, -0.05) is 38.1 Å². The van der Waals surface area contributed by atoms with Crippen LogP contribution in [-0.2, 0) is 21.4 Å². The summed E-state index contributed by atoms with van der Waals surface area (Å²) in [5.41, 5.74) is 6.91. The molecule has 26 heavy (non-hydrogen) atoms. The quantitative estimate of drug-likeness (QED) is 0.467. The number of carbonyl (C=O) groups is 1. The van der Waals surface area contributed by atoms with Crippen LogP contribution in [-0.4, -0.2) is 42.8 Å². The fraction of sp³-hybridized carbons (Fsp3) is 0.556. The van der Waals surface area contributed by atoms with Gasteiger partial charge in [0.15, 0.2) is 0 Å². The minimum atomic E-state index is -3.41. The lowest BCUT2D eigenvalue weighted by atomic mass is 10.1. The van der Waals surface area contributed by atoms with Gasteiger partial charge in [0.05, 0.1) is 5.75 Å². The number of hydrogen-bond donors (Lipinski definition) is 3. The summed E-state index contributed by atoms with van der Waals surface area (Å²) in [6.07, 6.45) is 1.85. The van der Waals surface area contributed by atoms with E-state index in [1.165, 1.54) is 4.31 Å². The molecule has 1 aromatic carbocycles. The lowest BCUT2D eigenvalue weighted by Crippen LogP contribution is -2.46. The number of sulfonamides is 1. The minimum absolute atomic E-state index is 0.00575. The van der Waals surface area contributed by atoms with E-state index < -0.39 is 16.1 Å². The second-order valence-corrected chi connectivity index (χ2v) is 9.14. The molecule has 0 aliphatic carbocycles. The Bertz CT molecular complexity index is 744. The molecule has 1 atom stereocenters. The Morgan fingerprint density at radius 2 is 2.00 bits per heavy atom. The molecule has 1 heterocycles. The van der Waals surface area contributed by atoms with Crippen molar-refractivity contribution >= 4 is 21.8 Å². The number of amides is 1. The molecule has 0 unspecified atom stereocenters. The first-order valence-corrected chi connectivity index (χ1v) is 10.5. The molecule has 0 aromatic heterocycles. The van der Waals surface area contributed by atoms with Crippen molar-refractivity contribution in [2.24, 2.45) is 11.7 Å². The van der Waals surface area contributed by atoms with E-state index in [0.29, 0.717) is 43.8 Å². The number of carbonyl (C=O) groups excluding carboxylic acids is 1. The molecule has 1 fully saturated rings. The second kappa shape index (κ2) is 8.64. The van der Waals surface area contributed by atoms with Crippen molar-refractivity contribution in [2.45, 2.75) is 45.7 Å². The fourth-order valence-electron chi connectivity index (χ4n) is 2.95. The highest BCUT2D eigenvalue weighted by molar-refractivity contribution is 7.89. The van der Waals surface area contributed by atoms with Gasteiger partial charge in [0, 0.05) is 18.7 Å². The van der Waals surface area contributed by atoms with Gasteiger partial charge < -0.3 is 11.1 Å². The van der Waals surface area contributed by atoms with E-state index in [4.69, 9.17) is 11.1 Å². The third-order valence-electron chi connectivity index (χ3n) is 4.55. The number of hydrogen-bond acceptors (Lipinski definition) is 4. The minimum Gasteiger partial charge on any atom is -0.384 e. The zero-order valence-corrected chi connectivity index (χ0v) is 16.2. The maximum absolute atomic E-state index is 12.5. The lowest BCUT2D eigenvalue weighted by molar-refractivity contribution is -0.124. The van der Waals surface area contributed by atoms with Gasteiger partial charge in [0.2, 0.25) is 15.9 Å². The standard InChI is InChI=1S/C18H28N4O3S/c1-13(2)9-11-26(24,25)22-10-3-4-16(22)18(23)21-12-14-5-7-15(8-6-14)17(19)20/h5-8,13,16H,3-4,9-12H2,1-2H3,(H3,19,20)(H,21,23)/t16-/m0/s1. The van der Waals surface area contributed by atoms with E-state index >= 15 is 0 Å². The molecule has 0 saturated carbocycles. The van der Waals surface area contributed by atoms with Crippen molar-refractivity contribution in [1.82, 2.24) is 9.62 Å². The third kappa shape index (κ3) is 5.28.